The number of carbonyl (C=O) groups excluding carboxylic acids is 1. The van der Waals surface area contributed by atoms with Gasteiger partial charge in [0, 0.05) is 0 Å². The van der Waals surface area contributed by atoms with Crippen LogP contribution in [0.25, 0.3) is 11.1 Å². The summed E-state index contributed by atoms with van der Waals surface area (Å²) in [5.41, 5.74) is 2.70. The highest BCUT2D eigenvalue weighted by Crippen LogP contribution is 2.28. The molecular weight excluding hydrogens is 340 g/mol. The Morgan fingerprint density at radius 1 is 1.19 bits per heavy atom. The largest absolute Gasteiger partial charge is 0.494 e. The second-order valence-corrected chi connectivity index (χ2v) is 6.76. The Hall–Kier alpha value is -2.84. The van der Waals surface area contributed by atoms with E-state index in [0.29, 0.717) is 29.4 Å². The van der Waals surface area contributed by atoms with Crippen molar-refractivity contribution in [1.29, 1.82) is 5.26 Å². The van der Waals surface area contributed by atoms with Crippen LogP contribution in [0, 0.1) is 17.2 Å². The minimum Gasteiger partial charge on any atom is -0.494 e. The van der Waals surface area contributed by atoms with Crippen molar-refractivity contribution in [3.05, 3.63) is 53.6 Å². The Balaban J connectivity index is 1.79. The number of benzene rings is 2. The van der Waals surface area contributed by atoms with E-state index in [4.69, 9.17) is 14.7 Å². The molecule has 0 saturated carbocycles. The summed E-state index contributed by atoms with van der Waals surface area (Å²) in [6.07, 6.45) is 3.36. The fourth-order valence-corrected chi connectivity index (χ4v) is 3.37. The molecule has 0 bridgehead atoms. The second-order valence-electron chi connectivity index (χ2n) is 6.76. The van der Waals surface area contributed by atoms with Crippen LogP contribution in [0.5, 0.6) is 5.75 Å². The summed E-state index contributed by atoms with van der Waals surface area (Å²) in [7, 11) is 1.36. The number of carbonyl (C=O) groups is 1. The number of esters is 1. The lowest BCUT2D eigenvalue weighted by Crippen LogP contribution is -2.28. The molecule has 1 aliphatic heterocycles. The zero-order chi connectivity index (χ0) is 19.1. The SMILES string of the molecule is COC(=O)c1cc(OCCC2CCNCC2)cc(-c2cccc(C#N)c2)c1. The predicted octanol–water partition coefficient (Wildman–Crippen LogP) is 3.78. The van der Waals surface area contributed by atoms with Gasteiger partial charge in [-0.25, -0.2) is 4.79 Å². The van der Waals surface area contributed by atoms with Crippen molar-refractivity contribution >= 4 is 5.97 Å². The van der Waals surface area contributed by atoms with Gasteiger partial charge in [-0.05, 0) is 79.7 Å². The highest BCUT2D eigenvalue weighted by molar-refractivity contribution is 5.91. The molecule has 3 rings (SSSR count). The first-order chi connectivity index (χ1) is 13.2. The van der Waals surface area contributed by atoms with Crippen molar-refractivity contribution in [2.75, 3.05) is 26.8 Å². The number of rotatable bonds is 6. The maximum atomic E-state index is 12.1. The summed E-state index contributed by atoms with van der Waals surface area (Å²) in [6.45, 7) is 2.76. The molecule has 2 aromatic carbocycles. The third-order valence-electron chi connectivity index (χ3n) is 4.91. The van der Waals surface area contributed by atoms with Gasteiger partial charge in [-0.15, -0.1) is 0 Å². The minimum absolute atomic E-state index is 0.406. The Morgan fingerprint density at radius 3 is 2.74 bits per heavy atom. The number of nitrogens with one attached hydrogen (secondary N) is 1. The van der Waals surface area contributed by atoms with Crippen LogP contribution in [0.1, 0.15) is 35.2 Å². The Labute approximate surface area is 159 Å². The molecule has 1 N–H and O–H groups in total. The summed E-state index contributed by atoms with van der Waals surface area (Å²) in [4.78, 5) is 12.1. The molecule has 1 fully saturated rings. The van der Waals surface area contributed by atoms with E-state index in [1.807, 2.05) is 18.2 Å². The van der Waals surface area contributed by atoms with E-state index in [2.05, 4.69) is 11.4 Å². The molecule has 5 nitrogen and oxygen atoms in total. The van der Waals surface area contributed by atoms with E-state index in [9.17, 15) is 4.79 Å². The number of hydrogen-bond acceptors (Lipinski definition) is 5. The number of piperidine rings is 1. The summed E-state index contributed by atoms with van der Waals surface area (Å²) < 4.78 is 10.8. The van der Waals surface area contributed by atoms with Gasteiger partial charge in [-0.3, -0.25) is 0 Å². The smallest absolute Gasteiger partial charge is 0.338 e. The molecule has 0 amide bonds. The van der Waals surface area contributed by atoms with Gasteiger partial charge >= 0.3 is 5.97 Å². The topological polar surface area (TPSA) is 71.3 Å². The summed E-state index contributed by atoms with van der Waals surface area (Å²) in [5, 5.41) is 12.5. The van der Waals surface area contributed by atoms with E-state index in [0.717, 1.165) is 30.6 Å². The Kier molecular flexibility index (Phi) is 6.45. The monoisotopic (exact) mass is 364 g/mol. The molecule has 0 aliphatic carbocycles. The van der Waals surface area contributed by atoms with Crippen molar-refractivity contribution < 1.29 is 14.3 Å². The van der Waals surface area contributed by atoms with Crippen LogP contribution >= 0.6 is 0 Å². The van der Waals surface area contributed by atoms with Gasteiger partial charge in [0.15, 0.2) is 0 Å². The van der Waals surface area contributed by atoms with Gasteiger partial charge in [-0.2, -0.15) is 5.26 Å². The minimum atomic E-state index is -0.406. The number of nitrogens with zero attached hydrogens (tertiary/aromatic N) is 1. The van der Waals surface area contributed by atoms with Gasteiger partial charge in [0.2, 0.25) is 0 Å². The van der Waals surface area contributed by atoms with Crippen molar-refractivity contribution in [3.63, 3.8) is 0 Å². The van der Waals surface area contributed by atoms with Gasteiger partial charge in [0.1, 0.15) is 5.75 Å². The lowest BCUT2D eigenvalue weighted by molar-refractivity contribution is 0.0600. The number of nitriles is 1. The highest BCUT2D eigenvalue weighted by Gasteiger charge is 2.14. The maximum Gasteiger partial charge on any atom is 0.338 e. The van der Waals surface area contributed by atoms with Gasteiger partial charge in [0.05, 0.1) is 30.9 Å². The average Bonchev–Trinajstić information content (AvgIpc) is 2.73. The molecule has 0 aromatic heterocycles. The van der Waals surface area contributed by atoms with Gasteiger partial charge in [0.25, 0.3) is 0 Å². The first-order valence-electron chi connectivity index (χ1n) is 9.27. The third kappa shape index (κ3) is 5.08. The van der Waals surface area contributed by atoms with E-state index in [1.54, 1.807) is 24.3 Å². The van der Waals surface area contributed by atoms with Crippen LogP contribution in [0.3, 0.4) is 0 Å². The van der Waals surface area contributed by atoms with Crippen LogP contribution < -0.4 is 10.1 Å². The van der Waals surface area contributed by atoms with E-state index < -0.39 is 5.97 Å². The van der Waals surface area contributed by atoms with E-state index in [1.165, 1.54) is 20.0 Å². The summed E-state index contributed by atoms with van der Waals surface area (Å²) in [6, 6.07) is 14.8. The summed E-state index contributed by atoms with van der Waals surface area (Å²) in [5.74, 6) is 0.919. The maximum absolute atomic E-state index is 12.1. The molecule has 140 valence electrons. The average molecular weight is 364 g/mol. The molecule has 0 radical (unpaired) electrons. The standard InChI is InChI=1S/C22H24N2O3/c1-26-22(25)20-12-19(18-4-2-3-17(11-18)15-23)13-21(14-20)27-10-7-16-5-8-24-9-6-16/h2-4,11-14,16,24H,5-10H2,1H3. The number of hydrogen-bond donors (Lipinski definition) is 1. The normalized spacial score (nSPS) is 14.4. The predicted molar refractivity (Wildman–Crippen MR) is 104 cm³/mol. The number of methoxy groups -OCH3 is 1. The fourth-order valence-electron chi connectivity index (χ4n) is 3.37. The first kappa shape index (κ1) is 18.9. The van der Waals surface area contributed by atoms with Crippen LogP contribution in [-0.4, -0.2) is 32.8 Å². The van der Waals surface area contributed by atoms with Crippen molar-refractivity contribution in [1.82, 2.24) is 5.32 Å². The van der Waals surface area contributed by atoms with Crippen LogP contribution in [0.2, 0.25) is 0 Å². The lowest BCUT2D eigenvalue weighted by Gasteiger charge is -2.22. The van der Waals surface area contributed by atoms with Crippen molar-refractivity contribution in [3.8, 4) is 22.9 Å². The fraction of sp³-hybridized carbons (Fsp3) is 0.364. The van der Waals surface area contributed by atoms with E-state index in [-0.39, 0.29) is 0 Å². The van der Waals surface area contributed by atoms with Gasteiger partial charge < -0.3 is 14.8 Å². The zero-order valence-corrected chi connectivity index (χ0v) is 15.5. The molecule has 1 saturated heterocycles. The Morgan fingerprint density at radius 2 is 2.00 bits per heavy atom. The van der Waals surface area contributed by atoms with Crippen molar-refractivity contribution in [2.24, 2.45) is 5.92 Å². The van der Waals surface area contributed by atoms with Crippen molar-refractivity contribution in [2.45, 2.75) is 19.3 Å². The zero-order valence-electron chi connectivity index (χ0n) is 15.5. The van der Waals surface area contributed by atoms with E-state index >= 15 is 0 Å². The molecule has 0 spiro atoms. The second kappa shape index (κ2) is 9.20. The molecular formula is C22H24N2O3. The lowest BCUT2D eigenvalue weighted by atomic mass is 9.95. The van der Waals surface area contributed by atoms with Crippen LogP contribution in [-0.2, 0) is 4.74 Å². The van der Waals surface area contributed by atoms with Crippen LogP contribution in [0.4, 0.5) is 0 Å². The molecule has 5 heteroatoms. The summed E-state index contributed by atoms with van der Waals surface area (Å²) >= 11 is 0. The molecule has 0 atom stereocenters. The molecule has 1 heterocycles. The molecule has 27 heavy (non-hydrogen) atoms. The Bertz CT molecular complexity index is 836. The molecule has 0 unspecified atom stereocenters. The highest BCUT2D eigenvalue weighted by atomic mass is 16.5. The first-order valence-corrected chi connectivity index (χ1v) is 9.27. The molecule has 1 aliphatic rings. The number of ether oxygens (including phenoxy) is 2. The molecule has 2 aromatic rings. The van der Waals surface area contributed by atoms with Gasteiger partial charge in [-0.1, -0.05) is 12.1 Å². The quantitative estimate of drug-likeness (QED) is 0.790. The van der Waals surface area contributed by atoms with Crippen LogP contribution in [0.15, 0.2) is 42.5 Å². The third-order valence-corrected chi connectivity index (χ3v) is 4.91.